The fourth-order valence-corrected chi connectivity index (χ4v) is 8.50. The van der Waals surface area contributed by atoms with Gasteiger partial charge in [-0.2, -0.15) is 0 Å². The molecule has 0 aromatic heterocycles. The van der Waals surface area contributed by atoms with Crippen molar-refractivity contribution < 1.29 is 39.9 Å². The molecule has 0 aliphatic carbocycles. The summed E-state index contributed by atoms with van der Waals surface area (Å²) in [5.74, 6) is -0.348. The zero-order chi connectivity index (χ0) is 51.6. The van der Waals surface area contributed by atoms with E-state index in [4.69, 9.17) is 16.6 Å². The summed E-state index contributed by atoms with van der Waals surface area (Å²) < 4.78 is 0. The number of rotatable bonds is 55. The fraction of sp³-hybridized carbons (Fsp3) is 0.944. The number of amides is 3. The van der Waals surface area contributed by atoms with Gasteiger partial charge in [0.25, 0.3) is 5.91 Å². The van der Waals surface area contributed by atoms with E-state index in [-0.39, 0.29) is 19.2 Å². The van der Waals surface area contributed by atoms with Gasteiger partial charge in [0.15, 0.2) is 6.10 Å². The van der Waals surface area contributed by atoms with Gasteiger partial charge in [-0.1, -0.05) is 130 Å². The predicted molar refractivity (Wildman–Crippen MR) is 293 cm³/mol. The molecule has 0 saturated carbocycles. The topological polar surface area (TPSA) is 289 Å². The number of hydrogen-bond acceptors (Lipinski definition) is 14. The maximum Gasteiger partial charge on any atom is 0.251 e. The number of aliphatic hydroxyl groups is 5. The molecule has 17 heteroatoms. The molecule has 0 aliphatic rings. The maximum atomic E-state index is 13.4. The summed E-state index contributed by atoms with van der Waals surface area (Å²) in [5.41, 5.74) is 11.2. The smallest absolute Gasteiger partial charge is 0.251 e. The van der Waals surface area contributed by atoms with Crippen LogP contribution in [0.15, 0.2) is 0 Å². The van der Waals surface area contributed by atoms with Crippen LogP contribution >= 0.6 is 0 Å². The van der Waals surface area contributed by atoms with E-state index >= 15 is 0 Å². The number of nitrogens with two attached hydrogens (primary N) is 2. The number of nitrogens with one attached hydrogen (secondary N) is 7. The second-order valence-corrected chi connectivity index (χ2v) is 19.7. The summed E-state index contributed by atoms with van der Waals surface area (Å²) in [4.78, 5) is 38.5. The number of carbonyl (C=O) groups is 3. The molecular weight excluding hydrogens is 903 g/mol. The van der Waals surface area contributed by atoms with Crippen LogP contribution in [0, 0.1) is 5.92 Å². The minimum Gasteiger partial charge on any atom is -0.394 e. The third-order valence-electron chi connectivity index (χ3n) is 13.1. The molecular formula is C54H115N9O8. The van der Waals surface area contributed by atoms with E-state index in [0.29, 0.717) is 38.3 Å². The summed E-state index contributed by atoms with van der Waals surface area (Å²) in [7, 11) is 0. The number of aliphatic hydroxyl groups excluding tert-OH is 5. The van der Waals surface area contributed by atoms with Crippen LogP contribution in [0.2, 0.25) is 0 Å². The Kier molecular flexibility index (Phi) is 54.3. The molecule has 16 N–H and O–H groups in total. The van der Waals surface area contributed by atoms with Gasteiger partial charge in [-0.3, -0.25) is 14.4 Å². The molecule has 0 spiro atoms. The molecule has 17 nitrogen and oxygen atoms in total. The van der Waals surface area contributed by atoms with Crippen LogP contribution in [-0.4, -0.2) is 159 Å². The Morgan fingerprint density at radius 1 is 0.451 bits per heavy atom. The highest BCUT2D eigenvalue weighted by Gasteiger charge is 2.34. The van der Waals surface area contributed by atoms with Gasteiger partial charge in [0.05, 0.1) is 6.61 Å². The third-order valence-corrected chi connectivity index (χ3v) is 13.1. The first-order valence-electron chi connectivity index (χ1n) is 28.5. The average Bonchev–Trinajstić information content (AvgIpc) is 3.36. The van der Waals surface area contributed by atoms with Crippen molar-refractivity contribution in [1.29, 1.82) is 0 Å². The molecule has 0 aromatic rings. The summed E-state index contributed by atoms with van der Waals surface area (Å²) >= 11 is 0. The molecule has 0 aliphatic heterocycles. The number of hydrogen-bond donors (Lipinski definition) is 14. The third kappa shape index (κ3) is 45.1. The molecule has 1 unspecified atom stereocenters. The lowest BCUT2D eigenvalue weighted by Gasteiger charge is -2.24. The van der Waals surface area contributed by atoms with E-state index in [0.717, 1.165) is 162 Å². The standard InChI is InChI=1S/C53H111N9O8.CH4/c1-2-3-4-5-6-10-13-19-30-46(62-48(65)31-20-14-11-8-7-9-12-16-21-41-61-53(70)51(68)50(67)49(66)47(64)44-63)52(69)60-40-22-17-15-18-29-45(42-58-36-25-23-34-56-38-27-32-54)43-59-37-26-24-35-57-39-28-33-55;/h45-47,49-51,56-59,63-64,66-68H,2-44,54-55H2,1H3,(H,60,69)(H,61,70)(H,62,65);1H4/t46?,47-,49-,50+,51-;/m1./s1. The van der Waals surface area contributed by atoms with Gasteiger partial charge in [-0.25, -0.2) is 0 Å². The van der Waals surface area contributed by atoms with E-state index in [1.165, 1.54) is 77.0 Å². The van der Waals surface area contributed by atoms with Crippen molar-refractivity contribution in [2.24, 2.45) is 17.4 Å². The maximum absolute atomic E-state index is 13.4. The Morgan fingerprint density at radius 3 is 1.32 bits per heavy atom. The lowest BCUT2D eigenvalue weighted by atomic mass is 10.00. The molecule has 0 heterocycles. The second-order valence-electron chi connectivity index (χ2n) is 19.7. The van der Waals surface area contributed by atoms with Crippen LogP contribution in [0.1, 0.15) is 207 Å². The Bertz CT molecular complexity index is 1140. The van der Waals surface area contributed by atoms with Crippen molar-refractivity contribution in [2.75, 3.05) is 85.1 Å². The largest absolute Gasteiger partial charge is 0.394 e. The van der Waals surface area contributed by atoms with Crippen molar-refractivity contribution in [1.82, 2.24) is 37.2 Å². The Labute approximate surface area is 433 Å². The molecule has 0 bridgehead atoms. The van der Waals surface area contributed by atoms with Gasteiger partial charge < -0.3 is 74.2 Å². The summed E-state index contributed by atoms with van der Waals surface area (Å²) in [6.07, 6.45) is 24.1. The minimum atomic E-state index is -1.91. The van der Waals surface area contributed by atoms with E-state index < -0.39 is 43.0 Å². The first-order valence-corrected chi connectivity index (χ1v) is 28.5. The van der Waals surface area contributed by atoms with E-state index in [1.807, 2.05) is 0 Å². The van der Waals surface area contributed by atoms with Crippen molar-refractivity contribution in [3.8, 4) is 0 Å². The van der Waals surface area contributed by atoms with Gasteiger partial charge >= 0.3 is 0 Å². The van der Waals surface area contributed by atoms with Gasteiger partial charge in [0, 0.05) is 19.5 Å². The normalized spacial score (nSPS) is 13.6. The molecule has 5 atom stereocenters. The second kappa shape index (κ2) is 54.2. The SMILES string of the molecule is C.CCCCCCCCCCC(NC(=O)CCCCCCCCCCCNC(=O)[C@H](O)[C@@H](O)[C@H](O)[C@H](O)CO)C(=O)NCCCCCCC(CNCCCCNCCCN)CNCCCCNCCCN. The lowest BCUT2D eigenvalue weighted by molar-refractivity contribution is -0.148. The van der Waals surface area contributed by atoms with Crippen LogP contribution in [0.3, 0.4) is 0 Å². The highest BCUT2D eigenvalue weighted by molar-refractivity contribution is 5.87. The Hall–Kier alpha value is -2.03. The Balaban J connectivity index is 0. The molecule has 0 rings (SSSR count). The van der Waals surface area contributed by atoms with E-state index in [1.54, 1.807) is 0 Å². The lowest BCUT2D eigenvalue weighted by Crippen LogP contribution is -2.51. The predicted octanol–water partition coefficient (Wildman–Crippen LogP) is 4.39. The highest BCUT2D eigenvalue weighted by atomic mass is 16.4. The van der Waals surface area contributed by atoms with Crippen molar-refractivity contribution >= 4 is 17.7 Å². The first kappa shape index (κ1) is 71.0. The molecule has 71 heavy (non-hydrogen) atoms. The van der Waals surface area contributed by atoms with Gasteiger partial charge in [-0.05, 0) is 142 Å². The highest BCUT2D eigenvalue weighted by Crippen LogP contribution is 2.14. The molecule has 0 radical (unpaired) electrons. The zero-order valence-electron chi connectivity index (χ0n) is 44.5. The van der Waals surface area contributed by atoms with Crippen molar-refractivity contribution in [3.05, 3.63) is 0 Å². The zero-order valence-corrected chi connectivity index (χ0v) is 44.5. The quantitative estimate of drug-likeness (QED) is 0.0377. The van der Waals surface area contributed by atoms with Gasteiger partial charge in [0.2, 0.25) is 11.8 Å². The van der Waals surface area contributed by atoms with E-state index in [2.05, 4.69) is 44.1 Å². The monoisotopic (exact) mass is 1020 g/mol. The minimum absolute atomic E-state index is 0. The molecule has 0 fully saturated rings. The molecule has 3 amide bonds. The molecule has 424 valence electrons. The van der Waals surface area contributed by atoms with Crippen molar-refractivity contribution in [2.45, 2.75) is 237 Å². The number of unbranched alkanes of at least 4 members (excludes halogenated alkanes) is 20. The van der Waals surface area contributed by atoms with Crippen LogP contribution in [0.4, 0.5) is 0 Å². The molecule has 0 aromatic carbocycles. The number of carbonyl (C=O) groups excluding carboxylic acids is 3. The summed E-state index contributed by atoms with van der Waals surface area (Å²) in [6.45, 7) is 12.1. The van der Waals surface area contributed by atoms with Gasteiger partial charge in [-0.15, -0.1) is 0 Å². The van der Waals surface area contributed by atoms with Crippen LogP contribution in [-0.2, 0) is 14.4 Å². The van der Waals surface area contributed by atoms with Crippen molar-refractivity contribution in [3.63, 3.8) is 0 Å². The van der Waals surface area contributed by atoms with Gasteiger partial charge in [0.1, 0.15) is 24.4 Å². The van der Waals surface area contributed by atoms with Crippen LogP contribution in [0.25, 0.3) is 0 Å². The average molecular weight is 1020 g/mol. The van der Waals surface area contributed by atoms with Crippen LogP contribution in [0.5, 0.6) is 0 Å². The first-order chi connectivity index (χ1) is 34.1. The summed E-state index contributed by atoms with van der Waals surface area (Å²) in [5, 5.41) is 70.9. The summed E-state index contributed by atoms with van der Waals surface area (Å²) in [6, 6.07) is -0.489. The molecule has 0 saturated heterocycles. The van der Waals surface area contributed by atoms with Crippen LogP contribution < -0.4 is 48.7 Å². The fourth-order valence-electron chi connectivity index (χ4n) is 8.50. The Morgan fingerprint density at radius 2 is 0.845 bits per heavy atom. The van der Waals surface area contributed by atoms with E-state index in [9.17, 15) is 34.8 Å².